The maximum Gasteiger partial charge on any atom is 0.229 e. The van der Waals surface area contributed by atoms with Gasteiger partial charge in [-0.15, -0.1) is 0 Å². The third-order valence-corrected chi connectivity index (χ3v) is 5.41. The predicted octanol–water partition coefficient (Wildman–Crippen LogP) is 3.53. The third-order valence-electron chi connectivity index (χ3n) is 5.41. The van der Waals surface area contributed by atoms with Crippen LogP contribution >= 0.6 is 0 Å². The number of hydrogen-bond donors (Lipinski definition) is 2. The number of amides is 1. The lowest BCUT2D eigenvalue weighted by Gasteiger charge is -2.29. The first-order chi connectivity index (χ1) is 11.9. The van der Waals surface area contributed by atoms with E-state index >= 15 is 0 Å². The van der Waals surface area contributed by atoms with Crippen molar-refractivity contribution in [3.05, 3.63) is 23.8 Å². The maximum atomic E-state index is 14.3. The topological polar surface area (TPSA) is 67.2 Å². The van der Waals surface area contributed by atoms with Crippen molar-refractivity contribution in [2.45, 2.75) is 57.1 Å². The van der Waals surface area contributed by atoms with Crippen LogP contribution in [0.3, 0.4) is 0 Å². The number of anilines is 1. The smallest absolute Gasteiger partial charge is 0.229 e. The van der Waals surface area contributed by atoms with Crippen LogP contribution < -0.4 is 5.32 Å². The van der Waals surface area contributed by atoms with Gasteiger partial charge in [-0.1, -0.05) is 0 Å². The Hall–Kier alpha value is -2.02. The van der Waals surface area contributed by atoms with Gasteiger partial charge in [0.25, 0.3) is 0 Å². The molecule has 0 aliphatic heterocycles. The molecular formula is C18H21F2N3O2. The average molecular weight is 349 g/mol. The molecule has 25 heavy (non-hydrogen) atoms. The normalized spacial score (nSPS) is 20.3. The van der Waals surface area contributed by atoms with Crippen molar-refractivity contribution in [1.29, 1.82) is 0 Å². The summed E-state index contributed by atoms with van der Waals surface area (Å²) in [5.41, 5.74) is -0.640. The highest BCUT2D eigenvalue weighted by Gasteiger charge is 2.41. The van der Waals surface area contributed by atoms with Crippen LogP contribution in [0.25, 0.3) is 11.0 Å². The van der Waals surface area contributed by atoms with Crippen molar-refractivity contribution < 1.29 is 18.7 Å². The highest BCUT2D eigenvalue weighted by atomic mass is 19.2. The summed E-state index contributed by atoms with van der Waals surface area (Å²) in [4.78, 5) is 16.7. The van der Waals surface area contributed by atoms with Crippen LogP contribution in [-0.2, 0) is 4.79 Å². The molecule has 1 aromatic carbocycles. The lowest BCUT2D eigenvalue weighted by molar-refractivity contribution is -0.121. The summed E-state index contributed by atoms with van der Waals surface area (Å²) in [6, 6.07) is 2.46. The summed E-state index contributed by atoms with van der Waals surface area (Å²) in [5, 5.41) is 13.1. The molecule has 1 atom stereocenters. The second-order valence-corrected chi connectivity index (χ2v) is 7.48. The van der Waals surface area contributed by atoms with E-state index in [4.69, 9.17) is 0 Å². The average Bonchev–Trinajstić information content (AvgIpc) is 3.27. The fourth-order valence-electron chi connectivity index (χ4n) is 3.56. The number of benzene rings is 1. The molecule has 2 N–H and O–H groups in total. The van der Waals surface area contributed by atoms with E-state index in [2.05, 4.69) is 10.3 Å². The van der Waals surface area contributed by atoms with E-state index in [1.807, 2.05) is 0 Å². The minimum Gasteiger partial charge on any atom is -0.389 e. The number of aromatic nitrogens is 2. The highest BCUT2D eigenvalue weighted by Crippen LogP contribution is 2.42. The molecule has 1 aromatic heterocycles. The van der Waals surface area contributed by atoms with Crippen LogP contribution in [0.1, 0.15) is 51.5 Å². The molecule has 0 radical (unpaired) electrons. The van der Waals surface area contributed by atoms with E-state index in [1.165, 1.54) is 6.07 Å². The zero-order valence-corrected chi connectivity index (χ0v) is 14.1. The lowest BCUT2D eigenvalue weighted by atomic mass is 9.92. The van der Waals surface area contributed by atoms with Gasteiger partial charge >= 0.3 is 0 Å². The summed E-state index contributed by atoms with van der Waals surface area (Å²) in [5.74, 6) is -1.87. The second kappa shape index (κ2) is 5.76. The van der Waals surface area contributed by atoms with E-state index in [0.29, 0.717) is 5.52 Å². The van der Waals surface area contributed by atoms with Gasteiger partial charge in [0, 0.05) is 6.04 Å². The zero-order valence-electron chi connectivity index (χ0n) is 14.1. The second-order valence-electron chi connectivity index (χ2n) is 7.48. The Morgan fingerprint density at radius 1 is 1.36 bits per heavy atom. The number of aliphatic hydroxyl groups is 1. The molecule has 0 bridgehead atoms. The van der Waals surface area contributed by atoms with Crippen LogP contribution in [0, 0.1) is 17.6 Å². The van der Waals surface area contributed by atoms with Gasteiger partial charge in [-0.05, 0) is 57.1 Å². The van der Waals surface area contributed by atoms with Gasteiger partial charge in [-0.3, -0.25) is 10.1 Å². The van der Waals surface area contributed by atoms with Crippen LogP contribution in [0.2, 0.25) is 0 Å². The molecule has 2 aromatic rings. The van der Waals surface area contributed by atoms with Crippen molar-refractivity contribution in [2.75, 3.05) is 5.32 Å². The first-order valence-electron chi connectivity index (χ1n) is 8.75. The van der Waals surface area contributed by atoms with E-state index < -0.39 is 17.2 Å². The minimum absolute atomic E-state index is 0.000502. The molecule has 134 valence electrons. The molecule has 2 aliphatic carbocycles. The van der Waals surface area contributed by atoms with Gasteiger partial charge in [-0.25, -0.2) is 13.8 Å². The molecule has 2 saturated carbocycles. The highest BCUT2D eigenvalue weighted by molar-refractivity contribution is 5.92. The lowest BCUT2D eigenvalue weighted by Crippen LogP contribution is -2.33. The maximum absolute atomic E-state index is 14.3. The van der Waals surface area contributed by atoms with Gasteiger partial charge in [0.2, 0.25) is 11.9 Å². The number of fused-ring (bicyclic) bond motifs is 1. The van der Waals surface area contributed by atoms with Crippen molar-refractivity contribution in [1.82, 2.24) is 9.55 Å². The standard InChI is InChI=1S/C18H21F2N3O2/c1-18(25,10-5-6-10)9-14(24)22-17-21-13-8-7-12(19)15(20)16(13)23(17)11-3-2-4-11/h7-8,10-11,25H,2-6,9H2,1H3,(H,21,22,24). The quantitative estimate of drug-likeness (QED) is 0.868. The fourth-order valence-corrected chi connectivity index (χ4v) is 3.56. The number of hydrogen-bond acceptors (Lipinski definition) is 3. The first-order valence-corrected chi connectivity index (χ1v) is 8.75. The Labute approximate surface area is 144 Å². The number of rotatable bonds is 5. The molecule has 5 nitrogen and oxygen atoms in total. The van der Waals surface area contributed by atoms with Gasteiger partial charge in [0.05, 0.1) is 17.5 Å². The molecular weight excluding hydrogens is 328 g/mol. The molecule has 0 spiro atoms. The van der Waals surface area contributed by atoms with E-state index in [9.17, 15) is 18.7 Å². The van der Waals surface area contributed by atoms with Crippen LogP contribution in [-0.4, -0.2) is 26.2 Å². The number of nitrogens with zero attached hydrogens (tertiary/aromatic N) is 2. The molecule has 0 saturated heterocycles. The Morgan fingerprint density at radius 2 is 2.08 bits per heavy atom. The molecule has 1 heterocycles. The molecule has 1 amide bonds. The van der Waals surface area contributed by atoms with Gasteiger partial charge in [-0.2, -0.15) is 0 Å². The number of carbonyl (C=O) groups is 1. The number of halogens is 2. The summed E-state index contributed by atoms with van der Waals surface area (Å²) in [7, 11) is 0. The van der Waals surface area contributed by atoms with Crippen LogP contribution in [0.15, 0.2) is 12.1 Å². The van der Waals surface area contributed by atoms with Gasteiger partial charge < -0.3 is 9.67 Å². The van der Waals surface area contributed by atoms with Crippen molar-refractivity contribution in [3.63, 3.8) is 0 Å². The van der Waals surface area contributed by atoms with E-state index in [-0.39, 0.29) is 35.8 Å². The summed E-state index contributed by atoms with van der Waals surface area (Å²) in [6.07, 6.45) is 4.48. The number of nitrogens with one attached hydrogen (secondary N) is 1. The Balaban J connectivity index is 1.66. The summed E-state index contributed by atoms with van der Waals surface area (Å²) in [6.45, 7) is 1.66. The number of carbonyl (C=O) groups excluding carboxylic acids is 1. The molecule has 2 fully saturated rings. The Kier molecular flexibility index (Phi) is 3.79. The predicted molar refractivity (Wildman–Crippen MR) is 89.1 cm³/mol. The Morgan fingerprint density at radius 3 is 2.68 bits per heavy atom. The monoisotopic (exact) mass is 349 g/mol. The summed E-state index contributed by atoms with van der Waals surface area (Å²) >= 11 is 0. The van der Waals surface area contributed by atoms with Gasteiger partial charge in [0.1, 0.15) is 5.52 Å². The SMILES string of the molecule is CC(O)(CC(=O)Nc1nc2ccc(F)c(F)c2n1C1CCC1)C1CC1. The van der Waals surface area contributed by atoms with Crippen LogP contribution in [0.4, 0.5) is 14.7 Å². The number of imidazole rings is 1. The van der Waals surface area contributed by atoms with Crippen molar-refractivity contribution >= 4 is 22.9 Å². The molecule has 7 heteroatoms. The molecule has 1 unspecified atom stereocenters. The fraction of sp³-hybridized carbons (Fsp3) is 0.556. The van der Waals surface area contributed by atoms with E-state index in [1.54, 1.807) is 11.5 Å². The van der Waals surface area contributed by atoms with Crippen LogP contribution in [0.5, 0.6) is 0 Å². The minimum atomic E-state index is -1.05. The van der Waals surface area contributed by atoms with Crippen molar-refractivity contribution in [2.24, 2.45) is 5.92 Å². The zero-order chi connectivity index (χ0) is 17.8. The summed E-state index contributed by atoms with van der Waals surface area (Å²) < 4.78 is 29.6. The van der Waals surface area contributed by atoms with Gasteiger partial charge in [0.15, 0.2) is 11.6 Å². The van der Waals surface area contributed by atoms with E-state index in [0.717, 1.165) is 38.2 Å². The molecule has 4 rings (SSSR count). The first kappa shape index (κ1) is 16.4. The Bertz CT molecular complexity index is 838. The molecule has 2 aliphatic rings. The third kappa shape index (κ3) is 2.90. The van der Waals surface area contributed by atoms with Crippen molar-refractivity contribution in [3.8, 4) is 0 Å². The largest absolute Gasteiger partial charge is 0.389 e.